The van der Waals surface area contributed by atoms with E-state index in [-0.39, 0.29) is 24.4 Å². The molecule has 0 unspecified atom stereocenters. The third-order valence-electron chi connectivity index (χ3n) is 5.13. The number of pyridine rings is 1. The van der Waals surface area contributed by atoms with Crippen LogP contribution < -0.4 is 5.32 Å². The Hall–Kier alpha value is -3.28. The summed E-state index contributed by atoms with van der Waals surface area (Å²) >= 11 is 0. The van der Waals surface area contributed by atoms with Gasteiger partial charge in [-0.25, -0.2) is 14.2 Å². The van der Waals surface area contributed by atoms with Gasteiger partial charge in [0, 0.05) is 17.0 Å². The van der Waals surface area contributed by atoms with Crippen molar-refractivity contribution in [3.8, 4) is 11.3 Å². The van der Waals surface area contributed by atoms with Crippen molar-refractivity contribution in [1.29, 1.82) is 0 Å². The minimum atomic E-state index is -0.589. The molecule has 5 nitrogen and oxygen atoms in total. The van der Waals surface area contributed by atoms with Crippen molar-refractivity contribution in [2.45, 2.75) is 31.7 Å². The number of hydrogen-bond donors (Lipinski definition) is 1. The Bertz CT molecular complexity index is 1040. The molecule has 0 saturated heterocycles. The molecule has 1 aliphatic rings. The molecular weight excluding hydrogens is 371 g/mol. The molecule has 1 saturated carbocycles. The van der Waals surface area contributed by atoms with Gasteiger partial charge in [-0.2, -0.15) is 0 Å². The highest BCUT2D eigenvalue weighted by atomic mass is 19.1. The molecule has 1 amide bonds. The molecule has 4 rings (SSSR count). The van der Waals surface area contributed by atoms with E-state index in [1.807, 2.05) is 12.1 Å². The van der Waals surface area contributed by atoms with Crippen LogP contribution in [0.5, 0.6) is 0 Å². The smallest absolute Gasteiger partial charge is 0.339 e. The fraction of sp³-hybridized carbons (Fsp3) is 0.261. The zero-order chi connectivity index (χ0) is 20.2. The second-order valence-corrected chi connectivity index (χ2v) is 7.20. The topological polar surface area (TPSA) is 68.3 Å². The van der Waals surface area contributed by atoms with Crippen molar-refractivity contribution in [3.63, 3.8) is 0 Å². The molecule has 0 radical (unpaired) electrons. The van der Waals surface area contributed by atoms with Crippen molar-refractivity contribution >= 4 is 22.8 Å². The number of halogens is 1. The number of esters is 1. The number of carbonyl (C=O) groups excluding carboxylic acids is 2. The molecule has 1 aliphatic carbocycles. The minimum absolute atomic E-state index is 0.174. The summed E-state index contributed by atoms with van der Waals surface area (Å²) in [5.74, 6) is -1.22. The van der Waals surface area contributed by atoms with Gasteiger partial charge in [0.2, 0.25) is 0 Å². The highest BCUT2D eigenvalue weighted by Gasteiger charge is 2.20. The summed E-state index contributed by atoms with van der Waals surface area (Å²) in [6, 6.07) is 14.9. The summed E-state index contributed by atoms with van der Waals surface area (Å²) in [4.78, 5) is 29.4. The summed E-state index contributed by atoms with van der Waals surface area (Å²) in [6.45, 7) is -0.322. The van der Waals surface area contributed by atoms with Crippen LogP contribution in [0.4, 0.5) is 4.39 Å². The first-order valence-electron chi connectivity index (χ1n) is 9.72. The monoisotopic (exact) mass is 392 g/mol. The van der Waals surface area contributed by atoms with Crippen molar-refractivity contribution in [2.24, 2.45) is 0 Å². The van der Waals surface area contributed by atoms with Gasteiger partial charge in [0.15, 0.2) is 6.61 Å². The lowest BCUT2D eigenvalue weighted by atomic mass is 10.0. The second kappa shape index (κ2) is 8.39. The molecule has 0 aliphatic heterocycles. The molecule has 1 N–H and O–H groups in total. The molecule has 3 aromatic rings. The first-order valence-corrected chi connectivity index (χ1v) is 9.72. The maximum atomic E-state index is 13.3. The van der Waals surface area contributed by atoms with Crippen LogP contribution in [-0.4, -0.2) is 29.5 Å². The summed E-state index contributed by atoms with van der Waals surface area (Å²) in [5, 5.41) is 3.54. The van der Waals surface area contributed by atoms with E-state index >= 15 is 0 Å². The number of nitrogens with one attached hydrogen (secondary N) is 1. The van der Waals surface area contributed by atoms with Gasteiger partial charge < -0.3 is 10.1 Å². The summed E-state index contributed by atoms with van der Waals surface area (Å²) < 4.78 is 18.5. The minimum Gasteiger partial charge on any atom is -0.452 e. The predicted octanol–water partition coefficient (Wildman–Crippen LogP) is 4.26. The Morgan fingerprint density at radius 1 is 1.07 bits per heavy atom. The van der Waals surface area contributed by atoms with Gasteiger partial charge in [-0.1, -0.05) is 31.0 Å². The van der Waals surface area contributed by atoms with E-state index in [1.165, 1.54) is 12.1 Å². The molecule has 1 aromatic heterocycles. The highest BCUT2D eigenvalue weighted by molar-refractivity contribution is 6.05. The normalized spacial score (nSPS) is 14.1. The Morgan fingerprint density at radius 2 is 1.79 bits per heavy atom. The molecule has 2 aromatic carbocycles. The number of nitrogens with zero attached hydrogens (tertiary/aromatic N) is 1. The fourth-order valence-corrected chi connectivity index (χ4v) is 3.66. The molecule has 0 atom stereocenters. The molecule has 29 heavy (non-hydrogen) atoms. The van der Waals surface area contributed by atoms with Crippen molar-refractivity contribution < 1.29 is 18.7 Å². The number of rotatable bonds is 5. The third-order valence-corrected chi connectivity index (χ3v) is 5.13. The van der Waals surface area contributed by atoms with E-state index < -0.39 is 5.97 Å². The number of carbonyl (C=O) groups is 2. The van der Waals surface area contributed by atoms with E-state index in [1.54, 1.807) is 30.3 Å². The Morgan fingerprint density at radius 3 is 2.55 bits per heavy atom. The summed E-state index contributed by atoms with van der Waals surface area (Å²) in [7, 11) is 0. The van der Waals surface area contributed by atoms with E-state index in [0.29, 0.717) is 27.7 Å². The van der Waals surface area contributed by atoms with Crippen LogP contribution in [0, 0.1) is 5.82 Å². The molecule has 1 heterocycles. The zero-order valence-electron chi connectivity index (χ0n) is 15.9. The molecule has 148 valence electrons. The van der Waals surface area contributed by atoms with Gasteiger partial charge in [-0.3, -0.25) is 4.79 Å². The SMILES string of the molecule is O=C(COC(=O)c1cc(-c2ccc(F)cc2)nc2ccccc12)NC1CCCC1. The van der Waals surface area contributed by atoms with E-state index in [0.717, 1.165) is 25.7 Å². The Balaban J connectivity index is 1.57. The van der Waals surface area contributed by atoms with Crippen LogP contribution in [0.25, 0.3) is 22.2 Å². The number of para-hydroxylation sites is 1. The van der Waals surface area contributed by atoms with E-state index in [4.69, 9.17) is 4.74 Å². The fourth-order valence-electron chi connectivity index (χ4n) is 3.66. The Kier molecular flexibility index (Phi) is 5.51. The molecule has 6 heteroatoms. The first-order chi connectivity index (χ1) is 14.1. The van der Waals surface area contributed by atoms with E-state index in [2.05, 4.69) is 10.3 Å². The van der Waals surface area contributed by atoms with Gasteiger partial charge in [0.1, 0.15) is 5.82 Å². The van der Waals surface area contributed by atoms with Crippen molar-refractivity contribution in [2.75, 3.05) is 6.61 Å². The maximum Gasteiger partial charge on any atom is 0.339 e. The maximum absolute atomic E-state index is 13.3. The van der Waals surface area contributed by atoms with Gasteiger partial charge in [-0.15, -0.1) is 0 Å². The number of amides is 1. The number of hydrogen-bond acceptors (Lipinski definition) is 4. The van der Waals surface area contributed by atoms with Crippen LogP contribution in [0.15, 0.2) is 54.6 Å². The number of fused-ring (bicyclic) bond motifs is 1. The van der Waals surface area contributed by atoms with Crippen molar-refractivity contribution in [3.05, 3.63) is 66.0 Å². The van der Waals surface area contributed by atoms with Gasteiger partial charge in [-0.05, 0) is 49.2 Å². The van der Waals surface area contributed by atoms with Crippen molar-refractivity contribution in [1.82, 2.24) is 10.3 Å². The quantitative estimate of drug-likeness (QED) is 0.659. The van der Waals surface area contributed by atoms with Crippen LogP contribution in [0.1, 0.15) is 36.0 Å². The lowest BCUT2D eigenvalue weighted by Gasteiger charge is -2.13. The van der Waals surface area contributed by atoms with Gasteiger partial charge in [0.25, 0.3) is 5.91 Å². The van der Waals surface area contributed by atoms with Crippen LogP contribution >= 0.6 is 0 Å². The predicted molar refractivity (Wildman–Crippen MR) is 108 cm³/mol. The van der Waals surface area contributed by atoms with Gasteiger partial charge >= 0.3 is 5.97 Å². The van der Waals surface area contributed by atoms with E-state index in [9.17, 15) is 14.0 Å². The largest absolute Gasteiger partial charge is 0.452 e. The Labute approximate surface area is 167 Å². The number of aromatic nitrogens is 1. The number of benzene rings is 2. The molecule has 0 bridgehead atoms. The molecule has 1 fully saturated rings. The lowest BCUT2D eigenvalue weighted by Crippen LogP contribution is -2.35. The summed E-state index contributed by atoms with van der Waals surface area (Å²) in [6.07, 6.45) is 4.16. The average Bonchev–Trinajstić information content (AvgIpc) is 3.24. The lowest BCUT2D eigenvalue weighted by molar-refractivity contribution is -0.124. The second-order valence-electron chi connectivity index (χ2n) is 7.20. The van der Waals surface area contributed by atoms with Crippen LogP contribution in [0.2, 0.25) is 0 Å². The summed E-state index contributed by atoms with van der Waals surface area (Å²) in [5.41, 5.74) is 2.16. The first kappa shape index (κ1) is 19.1. The number of ether oxygens (including phenoxy) is 1. The van der Waals surface area contributed by atoms with Crippen LogP contribution in [0.3, 0.4) is 0 Å². The third kappa shape index (κ3) is 4.42. The average molecular weight is 392 g/mol. The standard InChI is InChI=1S/C23H21FN2O3/c24-16-11-9-15(10-12-16)21-13-19(18-7-3-4-8-20(18)26-21)23(28)29-14-22(27)25-17-5-1-2-6-17/h3-4,7-13,17H,1-2,5-6,14H2,(H,25,27). The molecular formula is C23H21FN2O3. The zero-order valence-corrected chi connectivity index (χ0v) is 15.9. The van der Waals surface area contributed by atoms with Gasteiger partial charge in [0.05, 0.1) is 16.8 Å². The van der Waals surface area contributed by atoms with Crippen LogP contribution in [-0.2, 0) is 9.53 Å². The molecule has 0 spiro atoms. The highest BCUT2D eigenvalue weighted by Crippen LogP contribution is 2.25.